The Morgan fingerprint density at radius 2 is 1.40 bits per heavy atom. The molecule has 0 spiro atoms. The molecule has 1 nitrogen and oxygen atoms in total. The van der Waals surface area contributed by atoms with Crippen molar-refractivity contribution in [3.05, 3.63) is 28.8 Å². The Hall–Kier alpha value is -0.980. The maximum absolute atomic E-state index is 6.18. The van der Waals surface area contributed by atoms with Gasteiger partial charge in [0, 0.05) is 5.69 Å². The maximum atomic E-state index is 6.18. The van der Waals surface area contributed by atoms with Gasteiger partial charge in [0.25, 0.3) is 0 Å². The lowest BCUT2D eigenvalue weighted by Gasteiger charge is -2.14. The summed E-state index contributed by atoms with van der Waals surface area (Å²) in [6, 6.07) is 4.36. The first kappa shape index (κ1) is 17.1. The van der Waals surface area contributed by atoms with Crippen LogP contribution in [0.2, 0.25) is 0 Å². The fourth-order valence-corrected chi connectivity index (χ4v) is 2.90. The zero-order valence-electron chi connectivity index (χ0n) is 13.8. The zero-order valence-corrected chi connectivity index (χ0v) is 13.8. The number of rotatable bonds is 10. The molecule has 0 atom stereocenters. The summed E-state index contributed by atoms with van der Waals surface area (Å²) in [5, 5.41) is 0. The van der Waals surface area contributed by atoms with Gasteiger partial charge in [-0.05, 0) is 55.4 Å². The van der Waals surface area contributed by atoms with Crippen LogP contribution >= 0.6 is 0 Å². The van der Waals surface area contributed by atoms with Gasteiger partial charge in [0.15, 0.2) is 0 Å². The van der Waals surface area contributed by atoms with Gasteiger partial charge in [-0.2, -0.15) is 0 Å². The van der Waals surface area contributed by atoms with E-state index in [-0.39, 0.29) is 0 Å². The van der Waals surface area contributed by atoms with Crippen molar-refractivity contribution in [3.8, 4) is 0 Å². The molecule has 20 heavy (non-hydrogen) atoms. The predicted octanol–water partition coefficient (Wildman–Crippen LogP) is 5.82. The quantitative estimate of drug-likeness (QED) is 0.422. The van der Waals surface area contributed by atoms with Gasteiger partial charge in [-0.15, -0.1) is 0 Å². The maximum Gasteiger partial charge on any atom is 0.0349 e. The molecule has 0 aliphatic heterocycles. The van der Waals surface area contributed by atoms with E-state index in [1.807, 2.05) is 0 Å². The third kappa shape index (κ3) is 5.56. The summed E-state index contributed by atoms with van der Waals surface area (Å²) in [6.45, 7) is 6.79. The predicted molar refractivity (Wildman–Crippen MR) is 91.3 cm³/mol. The highest BCUT2D eigenvalue weighted by molar-refractivity contribution is 5.53. The summed E-state index contributed by atoms with van der Waals surface area (Å²) >= 11 is 0. The molecule has 0 aliphatic rings. The fraction of sp³-hybridized carbons (Fsp3) is 0.684. The molecular weight excluding hydrogens is 242 g/mol. The molecule has 0 fully saturated rings. The molecule has 0 saturated heterocycles. The van der Waals surface area contributed by atoms with Crippen LogP contribution in [-0.2, 0) is 12.8 Å². The molecule has 0 bridgehead atoms. The van der Waals surface area contributed by atoms with Gasteiger partial charge in [-0.3, -0.25) is 0 Å². The summed E-state index contributed by atoms with van der Waals surface area (Å²) in [4.78, 5) is 0. The third-order valence-electron chi connectivity index (χ3n) is 4.33. The van der Waals surface area contributed by atoms with Gasteiger partial charge in [-0.1, -0.05) is 58.4 Å². The van der Waals surface area contributed by atoms with Crippen LogP contribution in [0.25, 0.3) is 0 Å². The summed E-state index contributed by atoms with van der Waals surface area (Å²) in [6.07, 6.45) is 13.0. The van der Waals surface area contributed by atoms with E-state index in [2.05, 4.69) is 32.9 Å². The molecule has 0 saturated carbocycles. The molecule has 0 amide bonds. The average molecular weight is 275 g/mol. The summed E-state index contributed by atoms with van der Waals surface area (Å²) < 4.78 is 0. The van der Waals surface area contributed by atoms with Gasteiger partial charge in [0.2, 0.25) is 0 Å². The van der Waals surface area contributed by atoms with E-state index in [4.69, 9.17) is 5.73 Å². The van der Waals surface area contributed by atoms with Crippen LogP contribution in [0, 0.1) is 6.92 Å². The van der Waals surface area contributed by atoms with Crippen molar-refractivity contribution < 1.29 is 0 Å². The van der Waals surface area contributed by atoms with E-state index in [0.717, 1.165) is 12.1 Å². The van der Waals surface area contributed by atoms with Crippen molar-refractivity contribution >= 4 is 5.69 Å². The number of hydrogen-bond acceptors (Lipinski definition) is 1. The van der Waals surface area contributed by atoms with Crippen LogP contribution in [0.3, 0.4) is 0 Å². The summed E-state index contributed by atoms with van der Waals surface area (Å²) in [7, 11) is 0. The first-order chi connectivity index (χ1) is 9.70. The molecule has 1 aromatic carbocycles. The molecule has 0 aromatic heterocycles. The van der Waals surface area contributed by atoms with Crippen LogP contribution in [0.5, 0.6) is 0 Å². The number of anilines is 1. The normalized spacial score (nSPS) is 10.9. The first-order valence-corrected chi connectivity index (χ1v) is 8.57. The van der Waals surface area contributed by atoms with Crippen molar-refractivity contribution in [3.63, 3.8) is 0 Å². The Balaban J connectivity index is 2.59. The Kier molecular flexibility index (Phi) is 8.41. The molecule has 0 radical (unpaired) electrons. The highest BCUT2D eigenvalue weighted by atomic mass is 14.6. The molecule has 0 aliphatic carbocycles. The SMILES string of the molecule is CCCCCCc1ccc(N)c(CCCCCC)c1C. The zero-order chi connectivity index (χ0) is 14.8. The van der Waals surface area contributed by atoms with Crippen LogP contribution in [-0.4, -0.2) is 0 Å². The highest BCUT2D eigenvalue weighted by Crippen LogP contribution is 2.24. The van der Waals surface area contributed by atoms with E-state index in [9.17, 15) is 0 Å². The van der Waals surface area contributed by atoms with E-state index in [1.165, 1.54) is 74.5 Å². The van der Waals surface area contributed by atoms with Gasteiger partial charge in [0.05, 0.1) is 0 Å². The van der Waals surface area contributed by atoms with Crippen molar-refractivity contribution in [1.82, 2.24) is 0 Å². The Morgan fingerprint density at radius 1 is 0.800 bits per heavy atom. The number of benzene rings is 1. The molecule has 0 heterocycles. The number of nitrogens with two attached hydrogens (primary N) is 1. The van der Waals surface area contributed by atoms with Crippen molar-refractivity contribution in [1.29, 1.82) is 0 Å². The molecule has 0 unspecified atom stereocenters. The fourth-order valence-electron chi connectivity index (χ4n) is 2.90. The second-order valence-corrected chi connectivity index (χ2v) is 6.04. The highest BCUT2D eigenvalue weighted by Gasteiger charge is 2.08. The van der Waals surface area contributed by atoms with Crippen LogP contribution in [0.4, 0.5) is 5.69 Å². The third-order valence-corrected chi connectivity index (χ3v) is 4.33. The van der Waals surface area contributed by atoms with Crippen molar-refractivity contribution in [2.45, 2.75) is 85.0 Å². The molecule has 1 aromatic rings. The smallest absolute Gasteiger partial charge is 0.0349 e. The number of unbranched alkanes of at least 4 members (excludes halogenated alkanes) is 6. The van der Waals surface area contributed by atoms with Gasteiger partial charge in [0.1, 0.15) is 0 Å². The lowest BCUT2D eigenvalue weighted by Crippen LogP contribution is -2.02. The van der Waals surface area contributed by atoms with Crippen molar-refractivity contribution in [2.75, 3.05) is 5.73 Å². The largest absolute Gasteiger partial charge is 0.398 e. The lowest BCUT2D eigenvalue weighted by atomic mass is 9.93. The standard InChI is InChI=1S/C19H33N/c1-4-6-8-10-12-17-14-15-19(20)18(16(17)3)13-11-9-7-5-2/h14-15H,4-13,20H2,1-3H3. The molecule has 2 N–H and O–H groups in total. The Labute approximate surface area is 126 Å². The minimum Gasteiger partial charge on any atom is -0.398 e. The Morgan fingerprint density at radius 3 is 2.00 bits per heavy atom. The van der Waals surface area contributed by atoms with Gasteiger partial charge < -0.3 is 5.73 Å². The second-order valence-electron chi connectivity index (χ2n) is 6.04. The van der Waals surface area contributed by atoms with E-state index in [0.29, 0.717) is 0 Å². The van der Waals surface area contributed by atoms with Crippen molar-refractivity contribution in [2.24, 2.45) is 0 Å². The second kappa shape index (κ2) is 9.85. The van der Waals surface area contributed by atoms with Gasteiger partial charge >= 0.3 is 0 Å². The van der Waals surface area contributed by atoms with E-state index in [1.54, 1.807) is 0 Å². The lowest BCUT2D eigenvalue weighted by molar-refractivity contribution is 0.659. The topological polar surface area (TPSA) is 26.0 Å². The first-order valence-electron chi connectivity index (χ1n) is 8.57. The molecule has 114 valence electrons. The van der Waals surface area contributed by atoms with Crippen LogP contribution < -0.4 is 5.73 Å². The number of nitrogen functional groups attached to an aromatic ring is 1. The summed E-state index contributed by atoms with van der Waals surface area (Å²) in [5.41, 5.74) is 11.6. The number of hydrogen-bond donors (Lipinski definition) is 1. The molecule has 1 heteroatoms. The Bertz CT molecular complexity index is 382. The van der Waals surface area contributed by atoms with Gasteiger partial charge in [-0.25, -0.2) is 0 Å². The van der Waals surface area contributed by atoms with E-state index >= 15 is 0 Å². The molecule has 1 rings (SSSR count). The average Bonchev–Trinajstić information content (AvgIpc) is 2.44. The van der Waals surface area contributed by atoms with Crippen LogP contribution in [0.1, 0.15) is 81.9 Å². The monoisotopic (exact) mass is 275 g/mol. The molecular formula is C19H33N. The summed E-state index contributed by atoms with van der Waals surface area (Å²) in [5.74, 6) is 0. The van der Waals surface area contributed by atoms with Crippen LogP contribution in [0.15, 0.2) is 12.1 Å². The number of aryl methyl sites for hydroxylation is 1. The minimum absolute atomic E-state index is 0.997. The van der Waals surface area contributed by atoms with E-state index < -0.39 is 0 Å². The minimum atomic E-state index is 0.997.